The molecule has 0 aliphatic heterocycles. The molecule has 0 spiro atoms. The van der Waals surface area contributed by atoms with Crippen molar-refractivity contribution in [3.8, 4) is 11.8 Å². The third-order valence-corrected chi connectivity index (χ3v) is 1.32. The first-order chi connectivity index (χ1) is 5.61. The molecule has 0 aromatic carbocycles. The van der Waals surface area contributed by atoms with Gasteiger partial charge in [0.25, 0.3) is 0 Å². The van der Waals surface area contributed by atoms with E-state index in [0.29, 0.717) is 0 Å². The molecule has 4 N–H and O–H groups in total. The number of aromatic hydroxyl groups is 2. The summed E-state index contributed by atoms with van der Waals surface area (Å²) in [5.74, 6) is -0.387. The Labute approximate surface area is 67.7 Å². The summed E-state index contributed by atoms with van der Waals surface area (Å²) in [6, 6.07) is 2.53. The lowest BCUT2D eigenvalue weighted by molar-refractivity contribution is 0.190. The van der Waals surface area contributed by atoms with Crippen molar-refractivity contribution in [1.82, 2.24) is 9.88 Å². The van der Waals surface area contributed by atoms with E-state index in [1.807, 2.05) is 5.32 Å². The number of aromatic nitrogens is 1. The first-order valence-corrected chi connectivity index (χ1v) is 3.15. The number of carboxylic acid groups (broad SMARTS) is 1. The van der Waals surface area contributed by atoms with Gasteiger partial charge in [-0.2, -0.15) is 0 Å². The van der Waals surface area contributed by atoms with Gasteiger partial charge in [0, 0.05) is 12.1 Å². The van der Waals surface area contributed by atoms with Crippen LogP contribution in [0.15, 0.2) is 12.1 Å². The average Bonchev–Trinajstić information content (AvgIpc) is 2.28. The Balaban J connectivity index is 2.68. The molecule has 6 nitrogen and oxygen atoms in total. The summed E-state index contributed by atoms with van der Waals surface area (Å²) in [5.41, 5.74) is 0. The SMILES string of the molecule is O=C(O)NCn1c(O)ccc1O. The van der Waals surface area contributed by atoms with Crippen molar-refractivity contribution in [1.29, 1.82) is 0 Å². The summed E-state index contributed by atoms with van der Waals surface area (Å²) < 4.78 is 1.01. The van der Waals surface area contributed by atoms with Crippen LogP contribution in [0.2, 0.25) is 0 Å². The van der Waals surface area contributed by atoms with E-state index in [2.05, 4.69) is 0 Å². The normalized spacial score (nSPS) is 9.67. The minimum atomic E-state index is -1.22. The van der Waals surface area contributed by atoms with E-state index in [0.717, 1.165) is 4.57 Å². The average molecular weight is 172 g/mol. The topological polar surface area (TPSA) is 94.7 Å². The number of rotatable bonds is 2. The Kier molecular flexibility index (Phi) is 2.09. The van der Waals surface area contributed by atoms with Gasteiger partial charge in [-0.25, -0.2) is 4.79 Å². The van der Waals surface area contributed by atoms with Gasteiger partial charge in [0.2, 0.25) is 0 Å². The van der Waals surface area contributed by atoms with Crippen LogP contribution < -0.4 is 5.32 Å². The summed E-state index contributed by atoms with van der Waals surface area (Å²) in [7, 11) is 0. The van der Waals surface area contributed by atoms with Crippen LogP contribution in [0.1, 0.15) is 0 Å². The number of hydrogen-bond acceptors (Lipinski definition) is 3. The first-order valence-electron chi connectivity index (χ1n) is 3.15. The predicted molar refractivity (Wildman–Crippen MR) is 38.9 cm³/mol. The van der Waals surface area contributed by atoms with Gasteiger partial charge in [0.1, 0.15) is 6.67 Å². The zero-order chi connectivity index (χ0) is 9.14. The van der Waals surface area contributed by atoms with Gasteiger partial charge in [-0.15, -0.1) is 0 Å². The second-order valence-corrected chi connectivity index (χ2v) is 2.12. The number of amides is 1. The zero-order valence-electron chi connectivity index (χ0n) is 6.06. The molecule has 66 valence electrons. The van der Waals surface area contributed by atoms with Crippen LogP contribution in [0.25, 0.3) is 0 Å². The lowest BCUT2D eigenvalue weighted by atomic mass is 10.6. The van der Waals surface area contributed by atoms with Gasteiger partial charge in [-0.05, 0) is 0 Å². The lowest BCUT2D eigenvalue weighted by Crippen LogP contribution is -2.23. The minimum Gasteiger partial charge on any atom is -0.494 e. The summed E-state index contributed by atoms with van der Waals surface area (Å²) in [4.78, 5) is 10.0. The van der Waals surface area contributed by atoms with Crippen molar-refractivity contribution in [3.63, 3.8) is 0 Å². The van der Waals surface area contributed by atoms with Gasteiger partial charge < -0.3 is 20.6 Å². The van der Waals surface area contributed by atoms with Crippen LogP contribution in [0.3, 0.4) is 0 Å². The van der Waals surface area contributed by atoms with Crippen LogP contribution in [0.4, 0.5) is 4.79 Å². The Hall–Kier alpha value is -1.85. The third-order valence-electron chi connectivity index (χ3n) is 1.32. The second kappa shape index (κ2) is 3.04. The third kappa shape index (κ3) is 1.60. The largest absolute Gasteiger partial charge is 0.494 e. The lowest BCUT2D eigenvalue weighted by Gasteiger charge is -2.05. The highest BCUT2D eigenvalue weighted by Crippen LogP contribution is 2.19. The van der Waals surface area contributed by atoms with Crippen molar-refractivity contribution in [2.75, 3.05) is 0 Å². The molecular weight excluding hydrogens is 164 g/mol. The van der Waals surface area contributed by atoms with Crippen LogP contribution in [0, 0.1) is 0 Å². The van der Waals surface area contributed by atoms with E-state index in [1.165, 1.54) is 12.1 Å². The summed E-state index contributed by atoms with van der Waals surface area (Å²) in [5, 5.41) is 28.2. The fraction of sp³-hybridized carbons (Fsp3) is 0.167. The van der Waals surface area contributed by atoms with Crippen LogP contribution in [0.5, 0.6) is 11.8 Å². The highest BCUT2D eigenvalue weighted by molar-refractivity contribution is 5.63. The molecule has 0 unspecified atom stereocenters. The first kappa shape index (κ1) is 8.25. The molecule has 0 fully saturated rings. The summed E-state index contributed by atoms with van der Waals surface area (Å²) in [6.45, 7) is -0.181. The number of carbonyl (C=O) groups is 1. The molecule has 1 aromatic rings. The standard InChI is InChI=1S/C6H8N2O4/c9-4-1-2-5(10)8(4)3-7-6(11)12/h1-2,7,9-10H,3H2,(H,11,12). The molecule has 0 radical (unpaired) electrons. The van der Waals surface area contributed by atoms with E-state index in [4.69, 9.17) is 15.3 Å². The second-order valence-electron chi connectivity index (χ2n) is 2.12. The van der Waals surface area contributed by atoms with Gasteiger partial charge in [0.15, 0.2) is 11.8 Å². The molecule has 0 aliphatic rings. The molecule has 1 heterocycles. The molecule has 0 bridgehead atoms. The van der Waals surface area contributed by atoms with E-state index in [-0.39, 0.29) is 18.4 Å². The molecule has 6 heteroatoms. The van der Waals surface area contributed by atoms with E-state index in [9.17, 15) is 4.79 Å². The molecule has 12 heavy (non-hydrogen) atoms. The van der Waals surface area contributed by atoms with Gasteiger partial charge in [-0.1, -0.05) is 0 Å². The smallest absolute Gasteiger partial charge is 0.406 e. The Bertz CT molecular complexity index is 274. The van der Waals surface area contributed by atoms with E-state index < -0.39 is 6.09 Å². The molecule has 1 rings (SSSR count). The van der Waals surface area contributed by atoms with Gasteiger partial charge >= 0.3 is 6.09 Å². The zero-order valence-corrected chi connectivity index (χ0v) is 6.06. The van der Waals surface area contributed by atoms with Crippen molar-refractivity contribution in [2.45, 2.75) is 6.67 Å². The fourth-order valence-electron chi connectivity index (χ4n) is 0.755. The van der Waals surface area contributed by atoms with Gasteiger partial charge in [0.05, 0.1) is 0 Å². The summed E-state index contributed by atoms with van der Waals surface area (Å²) >= 11 is 0. The van der Waals surface area contributed by atoms with Crippen molar-refractivity contribution in [3.05, 3.63) is 12.1 Å². The number of nitrogens with one attached hydrogen (secondary N) is 1. The predicted octanol–water partition coefficient (Wildman–Crippen LogP) is 0.124. The summed E-state index contributed by atoms with van der Waals surface area (Å²) in [6.07, 6.45) is -1.22. The van der Waals surface area contributed by atoms with Crippen LogP contribution in [-0.2, 0) is 6.67 Å². The maximum absolute atomic E-state index is 10.0. The fourth-order valence-corrected chi connectivity index (χ4v) is 0.755. The molecular formula is C6H8N2O4. The highest BCUT2D eigenvalue weighted by atomic mass is 16.4. The minimum absolute atomic E-state index is 0.181. The molecule has 0 atom stereocenters. The molecule has 1 amide bonds. The van der Waals surface area contributed by atoms with Crippen LogP contribution in [-0.4, -0.2) is 26.0 Å². The van der Waals surface area contributed by atoms with E-state index >= 15 is 0 Å². The maximum atomic E-state index is 10.0. The van der Waals surface area contributed by atoms with Crippen molar-refractivity contribution in [2.24, 2.45) is 0 Å². The molecule has 0 saturated carbocycles. The van der Waals surface area contributed by atoms with E-state index in [1.54, 1.807) is 0 Å². The number of nitrogens with zero attached hydrogens (tertiary/aromatic N) is 1. The Morgan fingerprint density at radius 2 is 1.92 bits per heavy atom. The Morgan fingerprint density at radius 1 is 1.42 bits per heavy atom. The molecule has 1 aromatic heterocycles. The molecule has 0 saturated heterocycles. The Morgan fingerprint density at radius 3 is 2.33 bits per heavy atom. The quantitative estimate of drug-likeness (QED) is 0.509. The maximum Gasteiger partial charge on any atom is 0.406 e. The highest BCUT2D eigenvalue weighted by Gasteiger charge is 2.05. The van der Waals surface area contributed by atoms with Crippen LogP contribution >= 0.6 is 0 Å². The monoisotopic (exact) mass is 172 g/mol. The van der Waals surface area contributed by atoms with Crippen molar-refractivity contribution < 1.29 is 20.1 Å². The number of hydrogen-bond donors (Lipinski definition) is 4. The molecule has 0 aliphatic carbocycles. The van der Waals surface area contributed by atoms with Gasteiger partial charge in [-0.3, -0.25) is 4.57 Å². The van der Waals surface area contributed by atoms with Crippen molar-refractivity contribution >= 4 is 6.09 Å².